The molecule has 1 heterocycles. The second-order valence-corrected chi connectivity index (χ2v) is 5.34. The van der Waals surface area contributed by atoms with Gasteiger partial charge in [0, 0.05) is 10.5 Å². The smallest absolute Gasteiger partial charge is 0.124 e. The number of rotatable bonds is 4. The summed E-state index contributed by atoms with van der Waals surface area (Å²) in [5, 5.41) is 5.03. The van der Waals surface area contributed by atoms with Gasteiger partial charge in [-0.3, -0.25) is 4.99 Å². The van der Waals surface area contributed by atoms with Crippen molar-refractivity contribution in [3.05, 3.63) is 76.8 Å². The van der Waals surface area contributed by atoms with Crippen LogP contribution < -0.4 is 0 Å². The minimum Gasteiger partial charge on any atom is -0.255 e. The van der Waals surface area contributed by atoms with Crippen LogP contribution in [0.3, 0.4) is 0 Å². The van der Waals surface area contributed by atoms with Gasteiger partial charge in [-0.1, -0.05) is 48.5 Å². The summed E-state index contributed by atoms with van der Waals surface area (Å²) in [4.78, 5) is 11.7. The van der Waals surface area contributed by atoms with E-state index in [-0.39, 0.29) is 0 Å². The molecule has 0 bridgehead atoms. The van der Waals surface area contributed by atoms with E-state index in [0.717, 1.165) is 16.3 Å². The first kappa shape index (κ1) is 14.0. The molecule has 0 aliphatic heterocycles. The molecule has 0 unspecified atom stereocenters. The summed E-state index contributed by atoms with van der Waals surface area (Å²) < 4.78 is 0. The topological polar surface area (TPSA) is 74.0 Å². The molecule has 5 nitrogen and oxygen atoms in total. The number of aromatic nitrogens is 1. The highest BCUT2D eigenvalue weighted by molar-refractivity contribution is 7.19. The minimum atomic E-state index is 0.515. The first-order valence-corrected chi connectivity index (χ1v) is 7.39. The van der Waals surface area contributed by atoms with E-state index in [1.165, 1.54) is 11.3 Å². The summed E-state index contributed by atoms with van der Waals surface area (Å²) in [6.07, 6.45) is 1.63. The van der Waals surface area contributed by atoms with E-state index < -0.39 is 0 Å². The van der Waals surface area contributed by atoms with Crippen molar-refractivity contribution in [2.45, 2.75) is 0 Å². The second kappa shape index (κ2) is 6.67. The molecule has 0 amide bonds. The standard InChI is InChI=1S/C16H11N5S/c17-21-20-16-14(11-18-13-9-5-2-6-10-13)19-15(22-16)12-7-3-1-4-8-12/h1-11H. The highest BCUT2D eigenvalue weighted by atomic mass is 32.1. The predicted octanol–water partition coefficient (Wildman–Crippen LogP) is 5.50. The maximum atomic E-state index is 8.70. The highest BCUT2D eigenvalue weighted by Crippen LogP contribution is 2.33. The molecule has 0 N–H and O–H groups in total. The number of nitrogens with zero attached hydrogens (tertiary/aromatic N) is 5. The lowest BCUT2D eigenvalue weighted by atomic mass is 10.2. The Balaban J connectivity index is 1.98. The van der Waals surface area contributed by atoms with Gasteiger partial charge in [0.2, 0.25) is 0 Å². The van der Waals surface area contributed by atoms with Gasteiger partial charge < -0.3 is 0 Å². The van der Waals surface area contributed by atoms with Gasteiger partial charge in [-0.15, -0.1) is 11.3 Å². The van der Waals surface area contributed by atoms with Gasteiger partial charge in [-0.25, -0.2) is 4.98 Å². The number of hydrogen-bond donors (Lipinski definition) is 0. The van der Waals surface area contributed by atoms with Crippen molar-refractivity contribution in [1.29, 1.82) is 0 Å². The normalized spacial score (nSPS) is 10.5. The third-order valence-electron chi connectivity index (χ3n) is 2.88. The van der Waals surface area contributed by atoms with E-state index in [1.54, 1.807) is 6.21 Å². The molecule has 0 fully saturated rings. The number of benzene rings is 2. The number of hydrogen-bond acceptors (Lipinski definition) is 4. The van der Waals surface area contributed by atoms with Crippen molar-refractivity contribution in [3.8, 4) is 10.6 Å². The van der Waals surface area contributed by atoms with Gasteiger partial charge in [0.1, 0.15) is 15.7 Å². The fourth-order valence-corrected chi connectivity index (χ4v) is 2.74. The van der Waals surface area contributed by atoms with Crippen molar-refractivity contribution >= 4 is 28.2 Å². The van der Waals surface area contributed by atoms with Gasteiger partial charge in [-0.05, 0) is 22.8 Å². The van der Waals surface area contributed by atoms with E-state index in [4.69, 9.17) is 5.53 Å². The van der Waals surface area contributed by atoms with Crippen LogP contribution in [0.1, 0.15) is 5.69 Å². The van der Waals surface area contributed by atoms with E-state index in [1.807, 2.05) is 60.7 Å². The zero-order valence-corrected chi connectivity index (χ0v) is 12.3. The molecule has 0 aliphatic rings. The van der Waals surface area contributed by atoms with Gasteiger partial charge in [-0.2, -0.15) is 0 Å². The van der Waals surface area contributed by atoms with E-state index >= 15 is 0 Å². The minimum absolute atomic E-state index is 0.515. The third kappa shape index (κ3) is 3.20. The Hall–Kier alpha value is -2.95. The molecular formula is C16H11N5S. The van der Waals surface area contributed by atoms with Crippen LogP contribution in [-0.2, 0) is 0 Å². The van der Waals surface area contributed by atoms with Crippen molar-refractivity contribution < 1.29 is 0 Å². The lowest BCUT2D eigenvalue weighted by Gasteiger charge is -1.93. The molecule has 2 aromatic carbocycles. The SMILES string of the molecule is [N-]=[N+]=Nc1sc(-c2ccccc2)nc1C=Nc1ccccc1. The van der Waals surface area contributed by atoms with Crippen LogP contribution in [0.5, 0.6) is 0 Å². The zero-order chi connectivity index (χ0) is 15.2. The second-order valence-electron chi connectivity index (χ2n) is 4.36. The Morgan fingerprint density at radius 3 is 2.36 bits per heavy atom. The summed E-state index contributed by atoms with van der Waals surface area (Å²) in [5.74, 6) is 0. The lowest BCUT2D eigenvalue weighted by Crippen LogP contribution is -1.82. The Kier molecular flexibility index (Phi) is 4.25. The molecule has 0 spiro atoms. The molecule has 106 valence electrons. The molecule has 0 atom stereocenters. The Labute approximate surface area is 131 Å². The molecule has 0 aliphatic carbocycles. The van der Waals surface area contributed by atoms with Crippen LogP contribution in [0.2, 0.25) is 0 Å². The summed E-state index contributed by atoms with van der Waals surface area (Å²) in [7, 11) is 0. The molecule has 6 heteroatoms. The van der Waals surface area contributed by atoms with Gasteiger partial charge in [0.15, 0.2) is 0 Å². The summed E-state index contributed by atoms with van der Waals surface area (Å²) >= 11 is 1.35. The first-order chi connectivity index (χ1) is 10.9. The molecular weight excluding hydrogens is 294 g/mol. The first-order valence-electron chi connectivity index (χ1n) is 6.57. The van der Waals surface area contributed by atoms with Crippen LogP contribution in [-0.4, -0.2) is 11.2 Å². The zero-order valence-electron chi connectivity index (χ0n) is 11.5. The fourth-order valence-electron chi connectivity index (χ4n) is 1.87. The molecule has 0 saturated heterocycles. The predicted molar refractivity (Wildman–Crippen MR) is 90.1 cm³/mol. The maximum Gasteiger partial charge on any atom is 0.124 e. The number of aliphatic imine (C=N–C) groups is 1. The fraction of sp³-hybridized carbons (Fsp3) is 0. The Morgan fingerprint density at radius 2 is 1.68 bits per heavy atom. The van der Waals surface area contributed by atoms with Crippen molar-refractivity contribution in [2.24, 2.45) is 10.1 Å². The average molecular weight is 305 g/mol. The Morgan fingerprint density at radius 1 is 1.00 bits per heavy atom. The summed E-state index contributed by atoms with van der Waals surface area (Å²) in [5.41, 5.74) is 11.1. The van der Waals surface area contributed by atoms with E-state index in [0.29, 0.717) is 10.7 Å². The average Bonchev–Trinajstić information content (AvgIpc) is 2.98. The van der Waals surface area contributed by atoms with E-state index in [9.17, 15) is 0 Å². The maximum absolute atomic E-state index is 8.70. The van der Waals surface area contributed by atoms with Crippen LogP contribution in [0.15, 0.2) is 70.8 Å². The number of thiazole rings is 1. The van der Waals surface area contributed by atoms with Crippen molar-refractivity contribution in [2.75, 3.05) is 0 Å². The number of para-hydroxylation sites is 1. The molecule has 3 rings (SSSR count). The summed E-state index contributed by atoms with van der Waals surface area (Å²) in [6, 6.07) is 19.3. The Bertz CT molecular complexity index is 833. The third-order valence-corrected chi connectivity index (χ3v) is 3.89. The lowest BCUT2D eigenvalue weighted by molar-refractivity contribution is 1.36. The van der Waals surface area contributed by atoms with E-state index in [2.05, 4.69) is 20.0 Å². The van der Waals surface area contributed by atoms with Gasteiger partial charge >= 0.3 is 0 Å². The van der Waals surface area contributed by atoms with Crippen molar-refractivity contribution in [1.82, 2.24) is 4.98 Å². The molecule has 22 heavy (non-hydrogen) atoms. The van der Waals surface area contributed by atoms with Crippen LogP contribution >= 0.6 is 11.3 Å². The molecule has 1 aromatic heterocycles. The van der Waals surface area contributed by atoms with Crippen LogP contribution in [0.25, 0.3) is 21.0 Å². The van der Waals surface area contributed by atoms with Crippen molar-refractivity contribution in [3.63, 3.8) is 0 Å². The molecule has 0 radical (unpaired) electrons. The largest absolute Gasteiger partial charge is 0.255 e. The van der Waals surface area contributed by atoms with Crippen LogP contribution in [0.4, 0.5) is 10.7 Å². The highest BCUT2D eigenvalue weighted by Gasteiger charge is 2.09. The monoisotopic (exact) mass is 305 g/mol. The van der Waals surface area contributed by atoms with Gasteiger partial charge in [0.25, 0.3) is 0 Å². The molecule has 0 saturated carbocycles. The molecule has 3 aromatic rings. The van der Waals surface area contributed by atoms with Gasteiger partial charge in [0.05, 0.1) is 11.9 Å². The summed E-state index contributed by atoms with van der Waals surface area (Å²) in [6.45, 7) is 0. The van der Waals surface area contributed by atoms with Crippen LogP contribution in [0, 0.1) is 0 Å². The quantitative estimate of drug-likeness (QED) is 0.271. The number of azide groups is 1.